The Morgan fingerprint density at radius 3 is 2.70 bits per heavy atom. The van der Waals surface area contributed by atoms with E-state index in [0.717, 1.165) is 33.6 Å². The predicted molar refractivity (Wildman–Crippen MR) is 115 cm³/mol. The average Bonchev–Trinajstić information content (AvgIpc) is 3.38. The largest absolute Gasteiger partial charge is 0.454 e. The van der Waals surface area contributed by atoms with Gasteiger partial charge in [-0.3, -0.25) is 4.57 Å². The Morgan fingerprint density at radius 1 is 1.10 bits per heavy atom. The Kier molecular flexibility index (Phi) is 6.26. The number of nitrogens with zero attached hydrogens (tertiary/aromatic N) is 3. The molecule has 1 N–H and O–H groups in total. The summed E-state index contributed by atoms with van der Waals surface area (Å²) in [6.07, 6.45) is 0.519. The number of ether oxygens (including phenoxy) is 2. The molecule has 1 aliphatic rings. The molecule has 30 heavy (non-hydrogen) atoms. The van der Waals surface area contributed by atoms with E-state index in [4.69, 9.17) is 9.47 Å². The molecule has 0 saturated heterocycles. The molecule has 8 nitrogen and oxygen atoms in total. The molecule has 0 aliphatic carbocycles. The molecule has 0 bridgehead atoms. The molecule has 1 aliphatic heterocycles. The van der Waals surface area contributed by atoms with Crippen LogP contribution in [0.2, 0.25) is 0 Å². The molecule has 10 heteroatoms. The number of sulfonamides is 1. The van der Waals surface area contributed by atoms with Crippen molar-refractivity contribution >= 4 is 21.8 Å². The fourth-order valence-corrected chi connectivity index (χ4v) is 4.86. The minimum atomic E-state index is -3.21. The number of thioether (sulfide) groups is 1. The zero-order valence-electron chi connectivity index (χ0n) is 16.4. The van der Waals surface area contributed by atoms with Crippen LogP contribution in [0.1, 0.15) is 12.0 Å². The van der Waals surface area contributed by atoms with E-state index in [9.17, 15) is 8.42 Å². The lowest BCUT2D eigenvalue weighted by Gasteiger charge is -2.11. The normalized spacial score (nSPS) is 13.0. The van der Waals surface area contributed by atoms with Crippen LogP contribution < -0.4 is 14.2 Å². The minimum Gasteiger partial charge on any atom is -0.454 e. The molecule has 0 radical (unpaired) electrons. The lowest BCUT2D eigenvalue weighted by molar-refractivity contribution is 0.174. The van der Waals surface area contributed by atoms with E-state index in [1.165, 1.54) is 18.8 Å². The lowest BCUT2D eigenvalue weighted by atomic mass is 10.2. The number of benzene rings is 2. The van der Waals surface area contributed by atoms with Crippen molar-refractivity contribution in [1.82, 2.24) is 19.5 Å². The highest BCUT2D eigenvalue weighted by Crippen LogP contribution is 2.33. The maximum absolute atomic E-state index is 11.6. The topological polar surface area (TPSA) is 95.3 Å². The third kappa shape index (κ3) is 4.77. The molecule has 4 rings (SSSR count). The minimum absolute atomic E-state index is 0.0817. The summed E-state index contributed by atoms with van der Waals surface area (Å²) in [5.41, 5.74) is 2.01. The summed E-state index contributed by atoms with van der Waals surface area (Å²) < 4.78 is 38.5. The summed E-state index contributed by atoms with van der Waals surface area (Å²) in [5.74, 6) is 2.94. The fraction of sp³-hybridized carbons (Fsp3) is 0.300. The zero-order valence-corrected chi connectivity index (χ0v) is 18.1. The van der Waals surface area contributed by atoms with Crippen molar-refractivity contribution in [2.45, 2.75) is 18.1 Å². The summed E-state index contributed by atoms with van der Waals surface area (Å²) in [6, 6.07) is 15.7. The summed E-state index contributed by atoms with van der Waals surface area (Å²) in [6.45, 7) is 0.794. The number of nitrogens with one attached hydrogen (secondary N) is 1. The zero-order chi connectivity index (χ0) is 21.0. The second kappa shape index (κ2) is 9.07. The first-order valence-corrected chi connectivity index (χ1v) is 12.1. The molecule has 1 aromatic heterocycles. The highest BCUT2D eigenvalue weighted by Gasteiger charge is 2.18. The van der Waals surface area contributed by atoms with Crippen LogP contribution in [-0.2, 0) is 16.6 Å². The molecular formula is C20H22N4O4S2. The molecular weight excluding hydrogens is 424 g/mol. The SMILES string of the molecule is CNS(=O)(=O)CCCSc1nnc(-c2ccccc2)n1Cc1ccc2c(c1)OCO2. The maximum atomic E-state index is 11.6. The van der Waals surface area contributed by atoms with Gasteiger partial charge in [-0.25, -0.2) is 13.1 Å². The maximum Gasteiger partial charge on any atom is 0.231 e. The molecule has 0 spiro atoms. The monoisotopic (exact) mass is 446 g/mol. The van der Waals surface area contributed by atoms with Crippen molar-refractivity contribution in [2.75, 3.05) is 25.3 Å². The van der Waals surface area contributed by atoms with Gasteiger partial charge >= 0.3 is 0 Å². The number of fused-ring (bicyclic) bond motifs is 1. The molecule has 0 fully saturated rings. The number of hydrogen-bond donors (Lipinski definition) is 1. The average molecular weight is 447 g/mol. The Balaban J connectivity index is 1.56. The Labute approximate surface area is 179 Å². The van der Waals surface area contributed by atoms with Crippen LogP contribution in [0.25, 0.3) is 11.4 Å². The Bertz CT molecular complexity index is 1120. The van der Waals surface area contributed by atoms with Crippen LogP contribution in [0, 0.1) is 0 Å². The molecule has 0 unspecified atom stereocenters. The first-order chi connectivity index (χ1) is 14.6. The van der Waals surface area contributed by atoms with Crippen LogP contribution in [0.4, 0.5) is 0 Å². The van der Waals surface area contributed by atoms with Crippen LogP contribution in [-0.4, -0.2) is 48.5 Å². The van der Waals surface area contributed by atoms with E-state index in [1.807, 2.05) is 53.1 Å². The molecule has 0 atom stereocenters. The summed E-state index contributed by atoms with van der Waals surface area (Å²) in [7, 11) is -1.78. The second-order valence-electron chi connectivity index (χ2n) is 6.67. The van der Waals surface area contributed by atoms with Crippen molar-refractivity contribution in [1.29, 1.82) is 0 Å². The number of rotatable bonds is 9. The molecule has 2 aromatic carbocycles. The molecule has 2 heterocycles. The number of aromatic nitrogens is 3. The predicted octanol–water partition coefficient (Wildman–Crippen LogP) is 2.75. The third-order valence-electron chi connectivity index (χ3n) is 4.63. The van der Waals surface area contributed by atoms with Gasteiger partial charge in [-0.1, -0.05) is 48.2 Å². The first-order valence-electron chi connectivity index (χ1n) is 9.47. The van der Waals surface area contributed by atoms with E-state index < -0.39 is 10.0 Å². The van der Waals surface area contributed by atoms with E-state index in [2.05, 4.69) is 14.9 Å². The van der Waals surface area contributed by atoms with Gasteiger partial charge in [0, 0.05) is 11.3 Å². The van der Waals surface area contributed by atoms with Crippen molar-refractivity contribution in [2.24, 2.45) is 0 Å². The first kappa shape index (κ1) is 20.7. The fourth-order valence-electron chi connectivity index (χ4n) is 3.08. The lowest BCUT2D eigenvalue weighted by Crippen LogP contribution is -2.22. The van der Waals surface area contributed by atoms with Crippen LogP contribution >= 0.6 is 11.8 Å². The van der Waals surface area contributed by atoms with Gasteiger partial charge in [0.15, 0.2) is 22.5 Å². The quantitative estimate of drug-likeness (QED) is 0.399. The van der Waals surface area contributed by atoms with E-state index in [-0.39, 0.29) is 12.5 Å². The second-order valence-corrected chi connectivity index (χ2v) is 9.78. The molecule has 3 aromatic rings. The Morgan fingerprint density at radius 2 is 1.90 bits per heavy atom. The van der Waals surface area contributed by atoms with Gasteiger partial charge in [-0.15, -0.1) is 10.2 Å². The van der Waals surface area contributed by atoms with Crippen LogP contribution in [0.5, 0.6) is 11.5 Å². The number of hydrogen-bond acceptors (Lipinski definition) is 7. The summed E-state index contributed by atoms with van der Waals surface area (Å²) >= 11 is 1.50. The van der Waals surface area contributed by atoms with Gasteiger partial charge in [-0.2, -0.15) is 0 Å². The third-order valence-corrected chi connectivity index (χ3v) is 7.13. The van der Waals surface area contributed by atoms with Crippen LogP contribution in [0.3, 0.4) is 0 Å². The van der Waals surface area contributed by atoms with Crippen molar-refractivity contribution < 1.29 is 17.9 Å². The van der Waals surface area contributed by atoms with E-state index in [1.54, 1.807) is 0 Å². The van der Waals surface area contributed by atoms with Crippen molar-refractivity contribution in [3.05, 3.63) is 54.1 Å². The van der Waals surface area contributed by atoms with Crippen molar-refractivity contribution in [3.63, 3.8) is 0 Å². The smallest absolute Gasteiger partial charge is 0.231 e. The van der Waals surface area contributed by atoms with E-state index in [0.29, 0.717) is 18.7 Å². The van der Waals surface area contributed by atoms with Crippen LogP contribution in [0.15, 0.2) is 53.7 Å². The van der Waals surface area contributed by atoms with Gasteiger partial charge in [-0.05, 0) is 31.2 Å². The standard InChI is InChI=1S/C20H22N4O4S2/c1-21-30(25,26)11-5-10-29-20-23-22-19(16-6-3-2-4-7-16)24(20)13-15-8-9-17-18(12-15)28-14-27-17/h2-4,6-9,12,21H,5,10-11,13-14H2,1H3. The highest BCUT2D eigenvalue weighted by atomic mass is 32.2. The van der Waals surface area contributed by atoms with Crippen molar-refractivity contribution in [3.8, 4) is 22.9 Å². The summed E-state index contributed by atoms with van der Waals surface area (Å²) in [5, 5.41) is 9.52. The highest BCUT2D eigenvalue weighted by molar-refractivity contribution is 7.99. The van der Waals surface area contributed by atoms with E-state index >= 15 is 0 Å². The molecule has 0 saturated carbocycles. The molecule has 158 valence electrons. The van der Waals surface area contributed by atoms with Gasteiger partial charge in [0.2, 0.25) is 16.8 Å². The molecule has 0 amide bonds. The van der Waals surface area contributed by atoms with Gasteiger partial charge in [0.25, 0.3) is 0 Å². The van der Waals surface area contributed by atoms with Gasteiger partial charge < -0.3 is 9.47 Å². The Hall–Kier alpha value is -2.56. The summed E-state index contributed by atoms with van der Waals surface area (Å²) in [4.78, 5) is 0. The van der Waals surface area contributed by atoms with Gasteiger partial charge in [0.05, 0.1) is 12.3 Å². The van der Waals surface area contributed by atoms with Gasteiger partial charge in [0.1, 0.15) is 0 Å².